The van der Waals surface area contributed by atoms with Gasteiger partial charge >= 0.3 is 12.2 Å². The molecule has 0 bridgehead atoms. The predicted octanol–water partition coefficient (Wildman–Crippen LogP) is 3.95. The Morgan fingerprint density at radius 2 is 1.88 bits per heavy atom. The number of ether oxygens (including phenoxy) is 2. The van der Waals surface area contributed by atoms with E-state index in [2.05, 4.69) is 5.32 Å². The van der Waals surface area contributed by atoms with Crippen molar-refractivity contribution in [2.75, 3.05) is 19.6 Å². The van der Waals surface area contributed by atoms with Gasteiger partial charge in [0.15, 0.2) is 0 Å². The average Bonchev–Trinajstić information content (AvgIpc) is 3.39. The summed E-state index contributed by atoms with van der Waals surface area (Å²) in [6.07, 6.45) is 2.27. The molecule has 6 nitrogen and oxygen atoms in total. The Balaban J connectivity index is 1.66. The van der Waals surface area contributed by atoms with Crippen LogP contribution >= 0.6 is 0 Å². The number of amides is 2. The Morgan fingerprint density at radius 1 is 1.19 bits per heavy atom. The summed E-state index contributed by atoms with van der Waals surface area (Å²) in [6, 6.07) is 9.54. The minimum Gasteiger partial charge on any atom is -0.445 e. The number of nitrogens with one attached hydrogen (secondary N) is 1. The lowest BCUT2D eigenvalue weighted by molar-refractivity contribution is 0.0239. The molecule has 6 heteroatoms. The molecule has 0 atom stereocenters. The van der Waals surface area contributed by atoms with E-state index in [4.69, 9.17) is 9.47 Å². The summed E-state index contributed by atoms with van der Waals surface area (Å²) in [5.74, 6) is 0.589. The zero-order valence-corrected chi connectivity index (χ0v) is 16.0. The fraction of sp³-hybridized carbons (Fsp3) is 0.600. The quantitative estimate of drug-likeness (QED) is 0.711. The van der Waals surface area contributed by atoms with Gasteiger partial charge < -0.3 is 19.7 Å². The number of hydrogen-bond donors (Lipinski definition) is 1. The fourth-order valence-corrected chi connectivity index (χ4v) is 2.43. The normalized spacial score (nSPS) is 13.8. The van der Waals surface area contributed by atoms with Crippen molar-refractivity contribution in [3.05, 3.63) is 35.9 Å². The number of rotatable bonds is 8. The maximum atomic E-state index is 12.3. The second-order valence-electron chi connectivity index (χ2n) is 7.71. The van der Waals surface area contributed by atoms with Crippen molar-refractivity contribution in [1.29, 1.82) is 0 Å². The molecular weight excluding hydrogens is 332 g/mol. The fourth-order valence-electron chi connectivity index (χ4n) is 2.43. The minimum absolute atomic E-state index is 0.248. The molecule has 1 N–H and O–H groups in total. The number of carbonyl (C=O) groups is 2. The van der Waals surface area contributed by atoms with Crippen LogP contribution in [0.4, 0.5) is 9.59 Å². The van der Waals surface area contributed by atoms with Gasteiger partial charge in [-0.1, -0.05) is 30.3 Å². The predicted molar refractivity (Wildman–Crippen MR) is 99.8 cm³/mol. The average molecular weight is 362 g/mol. The maximum Gasteiger partial charge on any atom is 0.410 e. The van der Waals surface area contributed by atoms with Gasteiger partial charge in [-0.2, -0.15) is 0 Å². The molecule has 2 rings (SSSR count). The third-order valence-electron chi connectivity index (χ3n) is 3.91. The summed E-state index contributed by atoms with van der Waals surface area (Å²) in [4.78, 5) is 25.8. The minimum atomic E-state index is -0.502. The smallest absolute Gasteiger partial charge is 0.410 e. The van der Waals surface area contributed by atoms with Gasteiger partial charge in [0.2, 0.25) is 0 Å². The molecule has 0 radical (unpaired) electrons. The zero-order chi connectivity index (χ0) is 19.0. The monoisotopic (exact) mass is 362 g/mol. The van der Waals surface area contributed by atoms with Crippen molar-refractivity contribution in [3.63, 3.8) is 0 Å². The molecule has 26 heavy (non-hydrogen) atoms. The largest absolute Gasteiger partial charge is 0.445 e. The van der Waals surface area contributed by atoms with Gasteiger partial charge in [0.1, 0.15) is 12.2 Å². The van der Waals surface area contributed by atoms with Crippen molar-refractivity contribution < 1.29 is 19.1 Å². The van der Waals surface area contributed by atoms with Crippen LogP contribution in [0.5, 0.6) is 0 Å². The highest BCUT2D eigenvalue weighted by molar-refractivity contribution is 5.68. The van der Waals surface area contributed by atoms with E-state index >= 15 is 0 Å². The Hall–Kier alpha value is -2.24. The molecule has 144 valence electrons. The van der Waals surface area contributed by atoms with E-state index in [1.54, 1.807) is 4.90 Å². The van der Waals surface area contributed by atoms with Crippen molar-refractivity contribution in [2.45, 2.75) is 52.2 Å². The van der Waals surface area contributed by atoms with E-state index in [1.807, 2.05) is 51.1 Å². The van der Waals surface area contributed by atoms with Crippen molar-refractivity contribution in [1.82, 2.24) is 10.2 Å². The van der Waals surface area contributed by atoms with Crippen LogP contribution in [0.2, 0.25) is 0 Å². The standard InChI is InChI=1S/C20H30N2O4/c1-20(2,3)26-19(24)22(14-16-10-11-16)13-7-12-21-18(23)25-15-17-8-5-4-6-9-17/h4-6,8-9,16H,7,10-15H2,1-3H3,(H,21,23). The van der Waals surface area contributed by atoms with E-state index < -0.39 is 11.7 Å². The molecule has 0 unspecified atom stereocenters. The highest BCUT2D eigenvalue weighted by Crippen LogP contribution is 2.30. The van der Waals surface area contributed by atoms with Gasteiger partial charge in [-0.25, -0.2) is 9.59 Å². The van der Waals surface area contributed by atoms with E-state index in [0.717, 1.165) is 12.1 Å². The van der Waals surface area contributed by atoms with E-state index in [0.29, 0.717) is 25.4 Å². The summed E-state index contributed by atoms with van der Waals surface area (Å²) < 4.78 is 10.6. The lowest BCUT2D eigenvalue weighted by Crippen LogP contribution is -2.39. The number of alkyl carbamates (subject to hydrolysis) is 1. The molecule has 1 aliphatic rings. The molecule has 0 saturated heterocycles. The molecule has 0 heterocycles. The number of nitrogens with zero attached hydrogens (tertiary/aromatic N) is 1. The molecule has 0 aromatic heterocycles. The van der Waals surface area contributed by atoms with E-state index in [1.165, 1.54) is 12.8 Å². The van der Waals surface area contributed by atoms with Crippen LogP contribution in [0.1, 0.15) is 45.6 Å². The van der Waals surface area contributed by atoms with Crippen LogP contribution in [0, 0.1) is 5.92 Å². The van der Waals surface area contributed by atoms with Crippen molar-refractivity contribution >= 4 is 12.2 Å². The highest BCUT2D eigenvalue weighted by atomic mass is 16.6. The van der Waals surface area contributed by atoms with Gasteiger partial charge in [-0.15, -0.1) is 0 Å². The molecule has 0 aliphatic heterocycles. The molecule has 0 spiro atoms. The van der Waals surface area contributed by atoms with Gasteiger partial charge in [0, 0.05) is 19.6 Å². The highest BCUT2D eigenvalue weighted by Gasteiger charge is 2.29. The molecule has 1 saturated carbocycles. The first-order chi connectivity index (χ1) is 12.3. The van der Waals surface area contributed by atoms with E-state index in [9.17, 15) is 9.59 Å². The second kappa shape index (κ2) is 9.46. The summed E-state index contributed by atoms with van der Waals surface area (Å²) in [5, 5.41) is 2.72. The van der Waals surface area contributed by atoms with Gasteiger partial charge in [-0.05, 0) is 51.5 Å². The first kappa shape index (κ1) is 20.1. The Labute approximate surface area is 155 Å². The summed E-state index contributed by atoms with van der Waals surface area (Å²) in [7, 11) is 0. The van der Waals surface area contributed by atoms with E-state index in [-0.39, 0.29) is 12.7 Å². The number of benzene rings is 1. The van der Waals surface area contributed by atoms with Crippen molar-refractivity contribution in [3.8, 4) is 0 Å². The van der Waals surface area contributed by atoms with Crippen LogP contribution in [0.3, 0.4) is 0 Å². The van der Waals surface area contributed by atoms with Crippen LogP contribution in [-0.4, -0.2) is 42.3 Å². The molecular formula is C20H30N2O4. The zero-order valence-electron chi connectivity index (χ0n) is 16.0. The molecule has 2 amide bonds. The Morgan fingerprint density at radius 3 is 2.50 bits per heavy atom. The van der Waals surface area contributed by atoms with Gasteiger partial charge in [-0.3, -0.25) is 0 Å². The topological polar surface area (TPSA) is 67.9 Å². The summed E-state index contributed by atoms with van der Waals surface area (Å²) >= 11 is 0. The first-order valence-electron chi connectivity index (χ1n) is 9.26. The SMILES string of the molecule is CC(C)(C)OC(=O)N(CCCNC(=O)OCc1ccccc1)CC1CC1. The molecule has 1 fully saturated rings. The summed E-state index contributed by atoms with van der Waals surface area (Å²) in [5.41, 5.74) is 0.446. The molecule has 1 aromatic carbocycles. The maximum absolute atomic E-state index is 12.3. The summed E-state index contributed by atoms with van der Waals surface area (Å²) in [6.45, 7) is 7.59. The van der Waals surface area contributed by atoms with Crippen LogP contribution in [-0.2, 0) is 16.1 Å². The van der Waals surface area contributed by atoms with Crippen molar-refractivity contribution in [2.24, 2.45) is 5.92 Å². The van der Waals surface area contributed by atoms with Crippen LogP contribution in [0.25, 0.3) is 0 Å². The van der Waals surface area contributed by atoms with Gasteiger partial charge in [0.25, 0.3) is 0 Å². The lowest BCUT2D eigenvalue weighted by Gasteiger charge is -2.27. The lowest BCUT2D eigenvalue weighted by atomic mass is 10.2. The number of carbonyl (C=O) groups excluding carboxylic acids is 2. The van der Waals surface area contributed by atoms with Crippen LogP contribution in [0.15, 0.2) is 30.3 Å². The third-order valence-corrected chi connectivity index (χ3v) is 3.91. The molecule has 1 aliphatic carbocycles. The van der Waals surface area contributed by atoms with Gasteiger partial charge in [0.05, 0.1) is 0 Å². The number of hydrogen-bond acceptors (Lipinski definition) is 4. The molecule has 1 aromatic rings. The first-order valence-corrected chi connectivity index (χ1v) is 9.26. The van der Waals surface area contributed by atoms with Crippen LogP contribution < -0.4 is 5.32 Å². The second-order valence-corrected chi connectivity index (χ2v) is 7.71. The Bertz CT molecular complexity index is 579. The third kappa shape index (κ3) is 8.23. The Kier molecular flexibility index (Phi) is 7.30.